The van der Waals surface area contributed by atoms with Crippen LogP contribution in [0.3, 0.4) is 0 Å². The minimum Gasteiger partial charge on any atom is -0.481 e. The van der Waals surface area contributed by atoms with Gasteiger partial charge in [0.1, 0.15) is 0 Å². The zero-order valence-electron chi connectivity index (χ0n) is 7.32. The molecule has 0 spiro atoms. The average molecular weight is 174 g/mol. The average Bonchev–Trinajstić information content (AvgIpc) is 2.46. The van der Waals surface area contributed by atoms with Crippen LogP contribution in [0, 0.1) is 5.92 Å². The zero-order valence-corrected chi connectivity index (χ0v) is 7.32. The van der Waals surface area contributed by atoms with Gasteiger partial charge in [-0.25, -0.2) is 0 Å². The highest BCUT2D eigenvalue weighted by Gasteiger charge is 2.38. The van der Waals surface area contributed by atoms with Crippen molar-refractivity contribution in [2.24, 2.45) is 5.92 Å². The maximum atomic E-state index is 10.6. The molecule has 0 amide bonds. The van der Waals surface area contributed by atoms with Crippen molar-refractivity contribution < 1.29 is 19.4 Å². The van der Waals surface area contributed by atoms with E-state index < -0.39 is 5.97 Å². The second-order valence-corrected chi connectivity index (χ2v) is 3.05. The highest BCUT2D eigenvalue weighted by molar-refractivity contribution is 5.70. The molecule has 1 N–H and O–H groups in total. The molecule has 0 aromatic carbocycles. The molecule has 2 atom stereocenters. The van der Waals surface area contributed by atoms with Gasteiger partial charge in [-0.2, -0.15) is 0 Å². The van der Waals surface area contributed by atoms with Gasteiger partial charge in [0.2, 0.25) is 0 Å². The summed E-state index contributed by atoms with van der Waals surface area (Å²) in [6.07, 6.45) is 1.00. The molecule has 4 heteroatoms. The molecule has 0 aromatic rings. The van der Waals surface area contributed by atoms with Crippen molar-refractivity contribution in [1.82, 2.24) is 0 Å². The Morgan fingerprint density at radius 1 is 1.25 bits per heavy atom. The maximum absolute atomic E-state index is 10.6. The lowest BCUT2D eigenvalue weighted by Crippen LogP contribution is -2.23. The molecular weight excluding hydrogens is 160 g/mol. The van der Waals surface area contributed by atoms with Crippen LogP contribution in [0.5, 0.6) is 0 Å². The Morgan fingerprint density at radius 2 is 1.67 bits per heavy atom. The number of carboxylic acid groups (broad SMARTS) is 1. The third-order valence-corrected chi connectivity index (χ3v) is 2.40. The minimum atomic E-state index is -0.753. The molecule has 1 rings (SSSR count). The molecule has 4 nitrogen and oxygen atoms in total. The highest BCUT2D eigenvalue weighted by atomic mass is 16.5. The lowest BCUT2D eigenvalue weighted by molar-refractivity contribution is -0.141. The summed E-state index contributed by atoms with van der Waals surface area (Å²) in [5.74, 6) is -1.06. The summed E-state index contributed by atoms with van der Waals surface area (Å²) in [6, 6.07) is 0. The third-order valence-electron chi connectivity index (χ3n) is 2.40. The van der Waals surface area contributed by atoms with Gasteiger partial charge in [0, 0.05) is 14.2 Å². The van der Waals surface area contributed by atoms with Crippen LogP contribution in [0.1, 0.15) is 12.8 Å². The van der Waals surface area contributed by atoms with Gasteiger partial charge in [-0.05, 0) is 12.8 Å². The number of ether oxygens (including phenoxy) is 2. The Kier molecular flexibility index (Phi) is 3.05. The molecular formula is C8H14O4. The number of aliphatic carboxylic acids is 1. The van der Waals surface area contributed by atoms with Crippen LogP contribution in [0.4, 0.5) is 0 Å². The molecule has 70 valence electrons. The fraction of sp³-hybridized carbons (Fsp3) is 0.875. The van der Waals surface area contributed by atoms with Crippen LogP contribution in [0.25, 0.3) is 0 Å². The first-order valence-corrected chi connectivity index (χ1v) is 3.97. The molecule has 0 heterocycles. The first-order chi connectivity index (χ1) is 5.69. The van der Waals surface area contributed by atoms with E-state index in [1.165, 1.54) is 0 Å². The fourth-order valence-electron chi connectivity index (χ4n) is 1.66. The Bertz CT molecular complexity index is 156. The minimum absolute atomic E-state index is 0.0592. The summed E-state index contributed by atoms with van der Waals surface area (Å²) in [6.45, 7) is 0. The molecule has 0 aromatic heterocycles. The van der Waals surface area contributed by atoms with Crippen LogP contribution >= 0.6 is 0 Å². The Balaban J connectivity index is 2.53. The molecule has 1 fully saturated rings. The quantitative estimate of drug-likeness (QED) is 0.677. The maximum Gasteiger partial charge on any atom is 0.306 e. The third kappa shape index (κ3) is 1.76. The van der Waals surface area contributed by atoms with Gasteiger partial charge < -0.3 is 14.6 Å². The van der Waals surface area contributed by atoms with Crippen LogP contribution in [-0.4, -0.2) is 37.5 Å². The molecule has 0 saturated heterocycles. The summed E-state index contributed by atoms with van der Waals surface area (Å²) >= 11 is 0. The lowest BCUT2D eigenvalue weighted by Gasteiger charge is -2.15. The van der Waals surface area contributed by atoms with Crippen molar-refractivity contribution in [3.05, 3.63) is 0 Å². The molecule has 0 unspecified atom stereocenters. The number of carboxylic acids is 1. The Hall–Kier alpha value is -0.610. The molecule has 1 saturated carbocycles. The number of methoxy groups -OCH3 is 2. The van der Waals surface area contributed by atoms with Crippen molar-refractivity contribution in [3.63, 3.8) is 0 Å². The van der Waals surface area contributed by atoms with Gasteiger partial charge in [-0.1, -0.05) is 0 Å². The van der Waals surface area contributed by atoms with Crippen LogP contribution in [0.2, 0.25) is 0 Å². The van der Waals surface area contributed by atoms with Crippen molar-refractivity contribution in [3.8, 4) is 0 Å². The summed E-state index contributed by atoms with van der Waals surface area (Å²) in [7, 11) is 3.17. The van der Waals surface area contributed by atoms with Crippen LogP contribution < -0.4 is 0 Å². The normalized spacial score (nSPS) is 30.8. The van der Waals surface area contributed by atoms with Gasteiger partial charge in [-0.15, -0.1) is 0 Å². The van der Waals surface area contributed by atoms with E-state index in [4.69, 9.17) is 14.6 Å². The van der Waals surface area contributed by atoms with Gasteiger partial charge >= 0.3 is 5.97 Å². The van der Waals surface area contributed by atoms with E-state index in [-0.39, 0.29) is 18.1 Å². The van der Waals surface area contributed by atoms with Crippen molar-refractivity contribution in [2.75, 3.05) is 14.2 Å². The summed E-state index contributed by atoms with van der Waals surface area (Å²) in [4.78, 5) is 10.6. The number of carbonyl (C=O) groups is 1. The van der Waals surface area contributed by atoms with E-state index in [9.17, 15) is 4.79 Å². The van der Waals surface area contributed by atoms with Crippen LogP contribution in [0.15, 0.2) is 0 Å². The SMILES string of the molecule is CO[C@@H]1CC(C(=O)O)C[C@H]1OC. The van der Waals surface area contributed by atoms with Gasteiger partial charge in [0.15, 0.2) is 0 Å². The number of hydrogen-bond acceptors (Lipinski definition) is 3. The molecule has 1 aliphatic carbocycles. The summed E-state index contributed by atoms with van der Waals surface area (Å²) in [5, 5.41) is 8.73. The first kappa shape index (κ1) is 9.48. The highest BCUT2D eigenvalue weighted by Crippen LogP contribution is 2.29. The first-order valence-electron chi connectivity index (χ1n) is 3.97. The van der Waals surface area contributed by atoms with E-state index in [0.717, 1.165) is 0 Å². The van der Waals surface area contributed by atoms with E-state index >= 15 is 0 Å². The van der Waals surface area contributed by atoms with E-state index in [0.29, 0.717) is 12.8 Å². The van der Waals surface area contributed by atoms with Crippen molar-refractivity contribution in [2.45, 2.75) is 25.0 Å². The van der Waals surface area contributed by atoms with E-state index in [2.05, 4.69) is 0 Å². The number of hydrogen-bond donors (Lipinski definition) is 1. The standard InChI is InChI=1S/C8H14O4/c1-11-6-3-5(8(9)10)4-7(6)12-2/h5-7H,3-4H2,1-2H3,(H,9,10)/t6-,7-/m1/s1. The second-order valence-electron chi connectivity index (χ2n) is 3.05. The summed E-state index contributed by atoms with van der Waals surface area (Å²) in [5.41, 5.74) is 0. The summed E-state index contributed by atoms with van der Waals surface area (Å²) < 4.78 is 10.2. The number of rotatable bonds is 3. The zero-order chi connectivity index (χ0) is 9.14. The topological polar surface area (TPSA) is 55.8 Å². The van der Waals surface area contributed by atoms with Crippen LogP contribution in [-0.2, 0) is 14.3 Å². The van der Waals surface area contributed by atoms with E-state index in [1.807, 2.05) is 0 Å². The lowest BCUT2D eigenvalue weighted by atomic mass is 10.1. The smallest absolute Gasteiger partial charge is 0.306 e. The van der Waals surface area contributed by atoms with E-state index in [1.54, 1.807) is 14.2 Å². The van der Waals surface area contributed by atoms with Gasteiger partial charge in [0.05, 0.1) is 18.1 Å². The monoisotopic (exact) mass is 174 g/mol. The second kappa shape index (κ2) is 3.87. The molecule has 1 aliphatic rings. The van der Waals surface area contributed by atoms with Gasteiger partial charge in [0.25, 0.3) is 0 Å². The molecule has 12 heavy (non-hydrogen) atoms. The Labute approximate surface area is 71.5 Å². The van der Waals surface area contributed by atoms with Crippen molar-refractivity contribution >= 4 is 5.97 Å². The fourth-order valence-corrected chi connectivity index (χ4v) is 1.66. The largest absolute Gasteiger partial charge is 0.481 e. The predicted octanol–water partition coefficient (Wildman–Crippen LogP) is 0.511. The molecule has 0 radical (unpaired) electrons. The Morgan fingerprint density at radius 3 is 1.92 bits per heavy atom. The molecule has 0 aliphatic heterocycles. The molecule has 0 bridgehead atoms. The van der Waals surface area contributed by atoms with Gasteiger partial charge in [-0.3, -0.25) is 4.79 Å². The van der Waals surface area contributed by atoms with Crippen molar-refractivity contribution in [1.29, 1.82) is 0 Å². The predicted molar refractivity (Wildman–Crippen MR) is 42.0 cm³/mol.